The van der Waals surface area contributed by atoms with Gasteiger partial charge in [0.25, 0.3) is 20.0 Å². The standard InChI is InChI=1S/C17H21N5O4S3/c1-17(2,3)15-14(11-22(4)19-15)29(25,26)20-12-5-7-13(8-6-12)28(23,24)21-16-18-9-10-27-16/h5-11,20H,1-4H3,(H,18,21). The number of benzene rings is 1. The van der Waals surface area contributed by atoms with E-state index in [0.29, 0.717) is 5.69 Å². The van der Waals surface area contributed by atoms with Crippen LogP contribution in [0.25, 0.3) is 0 Å². The van der Waals surface area contributed by atoms with Crippen molar-refractivity contribution in [3.05, 3.63) is 47.7 Å². The van der Waals surface area contributed by atoms with Gasteiger partial charge in [-0.3, -0.25) is 14.1 Å². The number of nitrogens with one attached hydrogen (secondary N) is 2. The van der Waals surface area contributed by atoms with Gasteiger partial charge in [-0.15, -0.1) is 11.3 Å². The number of nitrogens with zero attached hydrogens (tertiary/aromatic N) is 3. The molecule has 156 valence electrons. The molecule has 0 aliphatic rings. The quantitative estimate of drug-likeness (QED) is 0.589. The SMILES string of the molecule is Cn1cc(S(=O)(=O)Nc2ccc(S(=O)(=O)Nc3nccs3)cc2)c(C(C)(C)C)n1. The van der Waals surface area contributed by atoms with E-state index in [9.17, 15) is 16.8 Å². The average Bonchev–Trinajstić information content (AvgIpc) is 3.24. The Morgan fingerprint density at radius 3 is 2.21 bits per heavy atom. The zero-order valence-corrected chi connectivity index (χ0v) is 18.7. The molecule has 0 aliphatic carbocycles. The van der Waals surface area contributed by atoms with Crippen molar-refractivity contribution < 1.29 is 16.8 Å². The third-order valence-electron chi connectivity index (χ3n) is 3.87. The van der Waals surface area contributed by atoms with Crippen molar-refractivity contribution in [2.24, 2.45) is 7.05 Å². The summed E-state index contributed by atoms with van der Waals surface area (Å²) >= 11 is 1.16. The Hall–Kier alpha value is -2.44. The lowest BCUT2D eigenvalue weighted by molar-refractivity contribution is 0.539. The Balaban J connectivity index is 1.85. The minimum absolute atomic E-state index is 0.00703. The van der Waals surface area contributed by atoms with Crippen LogP contribution in [-0.4, -0.2) is 31.6 Å². The maximum atomic E-state index is 12.9. The number of aromatic nitrogens is 3. The predicted molar refractivity (Wildman–Crippen MR) is 112 cm³/mol. The molecule has 9 nitrogen and oxygen atoms in total. The lowest BCUT2D eigenvalue weighted by Gasteiger charge is -2.17. The zero-order chi connectivity index (χ0) is 21.4. The Bertz CT molecular complexity index is 1210. The van der Waals surface area contributed by atoms with Gasteiger partial charge in [0.2, 0.25) is 0 Å². The fraction of sp³-hybridized carbons (Fsp3) is 0.294. The van der Waals surface area contributed by atoms with Crippen molar-refractivity contribution in [3.63, 3.8) is 0 Å². The van der Waals surface area contributed by atoms with Crippen molar-refractivity contribution >= 4 is 42.2 Å². The van der Waals surface area contributed by atoms with E-state index in [1.165, 1.54) is 41.3 Å². The second-order valence-electron chi connectivity index (χ2n) is 7.34. The van der Waals surface area contributed by atoms with Gasteiger partial charge >= 0.3 is 0 Å². The van der Waals surface area contributed by atoms with Crippen molar-refractivity contribution in [1.82, 2.24) is 14.8 Å². The summed E-state index contributed by atoms with van der Waals surface area (Å²) in [4.78, 5) is 3.96. The smallest absolute Gasteiger partial charge is 0.265 e. The first-order valence-electron chi connectivity index (χ1n) is 8.48. The minimum atomic E-state index is -3.90. The Labute approximate surface area is 173 Å². The first-order valence-corrected chi connectivity index (χ1v) is 12.3. The number of rotatable bonds is 6. The Kier molecular flexibility index (Phi) is 5.45. The van der Waals surface area contributed by atoms with E-state index in [4.69, 9.17) is 0 Å². The molecule has 0 aliphatic heterocycles. The van der Waals surface area contributed by atoms with Crippen LogP contribution in [-0.2, 0) is 32.5 Å². The summed E-state index contributed by atoms with van der Waals surface area (Å²) in [5.74, 6) is 0. The van der Waals surface area contributed by atoms with Crippen LogP contribution in [0, 0.1) is 0 Å². The van der Waals surface area contributed by atoms with Gasteiger partial charge < -0.3 is 0 Å². The molecule has 2 heterocycles. The maximum Gasteiger partial charge on any atom is 0.265 e. The van der Waals surface area contributed by atoms with E-state index in [-0.39, 0.29) is 20.6 Å². The molecule has 0 unspecified atom stereocenters. The molecule has 0 bridgehead atoms. The normalized spacial score (nSPS) is 12.7. The van der Waals surface area contributed by atoms with Crippen LogP contribution in [0.1, 0.15) is 26.5 Å². The number of aryl methyl sites for hydroxylation is 1. The molecule has 3 rings (SSSR count). The highest BCUT2D eigenvalue weighted by Gasteiger charge is 2.29. The van der Waals surface area contributed by atoms with Gasteiger partial charge in [-0.2, -0.15) is 5.10 Å². The van der Waals surface area contributed by atoms with E-state index in [1.54, 1.807) is 12.4 Å². The van der Waals surface area contributed by atoms with E-state index < -0.39 is 25.5 Å². The van der Waals surface area contributed by atoms with Gasteiger partial charge in [0.15, 0.2) is 5.13 Å². The highest BCUT2D eigenvalue weighted by Crippen LogP contribution is 2.29. The molecular weight excluding hydrogens is 434 g/mol. The summed E-state index contributed by atoms with van der Waals surface area (Å²) < 4.78 is 56.8. The molecule has 0 fully saturated rings. The van der Waals surface area contributed by atoms with Crippen LogP contribution in [0.2, 0.25) is 0 Å². The summed E-state index contributed by atoms with van der Waals surface area (Å²) in [5.41, 5.74) is 0.214. The topological polar surface area (TPSA) is 123 Å². The molecule has 0 saturated carbocycles. The number of hydrogen-bond donors (Lipinski definition) is 2. The highest BCUT2D eigenvalue weighted by atomic mass is 32.2. The van der Waals surface area contributed by atoms with Crippen molar-refractivity contribution in [2.45, 2.75) is 36.0 Å². The molecule has 3 aromatic rings. The minimum Gasteiger partial charge on any atom is -0.280 e. The van der Waals surface area contributed by atoms with E-state index in [1.807, 2.05) is 20.8 Å². The van der Waals surface area contributed by atoms with Crippen LogP contribution in [0.15, 0.2) is 51.8 Å². The largest absolute Gasteiger partial charge is 0.280 e. The van der Waals surface area contributed by atoms with E-state index in [0.717, 1.165) is 11.3 Å². The summed E-state index contributed by atoms with van der Waals surface area (Å²) in [5, 5.41) is 6.18. The van der Waals surface area contributed by atoms with Crippen molar-refractivity contribution in [1.29, 1.82) is 0 Å². The second kappa shape index (κ2) is 7.43. The predicted octanol–water partition coefficient (Wildman–Crippen LogP) is 2.78. The van der Waals surface area contributed by atoms with Crippen molar-refractivity contribution in [3.8, 4) is 0 Å². The molecule has 29 heavy (non-hydrogen) atoms. The molecule has 2 N–H and O–H groups in total. The van der Waals surface area contributed by atoms with Gasteiger partial charge in [-0.05, 0) is 24.3 Å². The number of hydrogen-bond acceptors (Lipinski definition) is 7. The summed E-state index contributed by atoms with van der Waals surface area (Å²) in [7, 11) is -6.06. The zero-order valence-electron chi connectivity index (χ0n) is 16.2. The van der Waals surface area contributed by atoms with Crippen LogP contribution >= 0.6 is 11.3 Å². The fourth-order valence-corrected chi connectivity index (χ4v) is 5.78. The molecule has 0 amide bonds. The third kappa shape index (κ3) is 4.77. The van der Waals surface area contributed by atoms with Gasteiger partial charge in [0, 0.05) is 35.9 Å². The van der Waals surface area contributed by atoms with Gasteiger partial charge in [-0.25, -0.2) is 21.8 Å². The molecule has 0 atom stereocenters. The molecule has 0 saturated heterocycles. The maximum absolute atomic E-state index is 12.9. The molecule has 12 heteroatoms. The number of anilines is 2. The first-order chi connectivity index (χ1) is 13.4. The molecule has 2 aromatic heterocycles. The van der Waals surface area contributed by atoms with Crippen molar-refractivity contribution in [2.75, 3.05) is 9.44 Å². The van der Waals surface area contributed by atoms with E-state index in [2.05, 4.69) is 19.5 Å². The number of sulfonamides is 2. The fourth-order valence-electron chi connectivity index (χ4n) is 2.54. The lowest BCUT2D eigenvalue weighted by atomic mass is 9.92. The van der Waals surface area contributed by atoms with Crippen LogP contribution in [0.5, 0.6) is 0 Å². The highest BCUT2D eigenvalue weighted by molar-refractivity contribution is 7.93. The average molecular weight is 456 g/mol. The Morgan fingerprint density at radius 1 is 1.00 bits per heavy atom. The van der Waals surface area contributed by atoms with Crippen LogP contribution in [0.3, 0.4) is 0 Å². The van der Waals surface area contributed by atoms with Crippen LogP contribution < -0.4 is 9.44 Å². The molecular formula is C17H21N5O4S3. The summed E-state index contributed by atoms with van der Waals surface area (Å²) in [6, 6.07) is 5.42. The second-order valence-corrected chi connectivity index (χ2v) is 11.6. The number of thiazole rings is 1. The summed E-state index contributed by atoms with van der Waals surface area (Å²) in [6.45, 7) is 5.64. The van der Waals surface area contributed by atoms with Gasteiger partial charge in [0.1, 0.15) is 4.90 Å². The van der Waals surface area contributed by atoms with Gasteiger partial charge in [0.05, 0.1) is 10.6 Å². The Morgan fingerprint density at radius 2 is 1.66 bits per heavy atom. The molecule has 0 radical (unpaired) electrons. The molecule has 1 aromatic carbocycles. The molecule has 0 spiro atoms. The first kappa shape index (κ1) is 21.3. The van der Waals surface area contributed by atoms with E-state index >= 15 is 0 Å². The van der Waals surface area contributed by atoms with Crippen LogP contribution in [0.4, 0.5) is 10.8 Å². The monoisotopic (exact) mass is 455 g/mol. The van der Waals surface area contributed by atoms with Gasteiger partial charge in [-0.1, -0.05) is 20.8 Å². The lowest BCUT2D eigenvalue weighted by Crippen LogP contribution is -2.20. The summed E-state index contributed by atoms with van der Waals surface area (Å²) in [6.07, 6.45) is 2.93. The third-order valence-corrected chi connectivity index (χ3v) is 7.42.